The summed E-state index contributed by atoms with van der Waals surface area (Å²) in [7, 11) is 0. The lowest BCUT2D eigenvalue weighted by atomic mass is 10.0. The van der Waals surface area contributed by atoms with E-state index in [0.29, 0.717) is 6.42 Å². The van der Waals surface area contributed by atoms with E-state index in [1.807, 2.05) is 54.6 Å². The zero-order valence-electron chi connectivity index (χ0n) is 24.9. The molecule has 44 heavy (non-hydrogen) atoms. The average Bonchev–Trinajstić information content (AvgIpc) is 3.39. The molecule has 3 rings (SSSR count). The van der Waals surface area contributed by atoms with Gasteiger partial charge in [-0.15, -0.1) is 0 Å². The molecule has 0 bridgehead atoms. The van der Waals surface area contributed by atoms with Gasteiger partial charge in [-0.2, -0.15) is 0 Å². The maximum Gasteiger partial charge on any atom is 0.326 e. The number of para-hydroxylation sites is 1. The van der Waals surface area contributed by atoms with Gasteiger partial charge in [-0.3, -0.25) is 19.8 Å². The Kier molecular flexibility index (Phi) is 12.3. The number of guanidine groups is 1. The van der Waals surface area contributed by atoms with Crippen LogP contribution in [0.2, 0.25) is 0 Å². The molecule has 0 saturated carbocycles. The summed E-state index contributed by atoms with van der Waals surface area (Å²) < 4.78 is 0. The van der Waals surface area contributed by atoms with E-state index in [2.05, 4.69) is 26.3 Å². The number of benzene rings is 2. The van der Waals surface area contributed by atoms with Crippen LogP contribution in [0.3, 0.4) is 0 Å². The molecule has 1 aromatic heterocycles. The van der Waals surface area contributed by atoms with Crippen molar-refractivity contribution in [3.05, 3.63) is 71.9 Å². The van der Waals surface area contributed by atoms with E-state index in [0.717, 1.165) is 22.0 Å². The number of hydrogen-bond acceptors (Lipinski definition) is 6. The molecule has 3 amide bonds. The van der Waals surface area contributed by atoms with Crippen molar-refractivity contribution in [2.45, 2.75) is 63.7 Å². The first kappa shape index (κ1) is 33.6. The standard InChI is InChI=1S/C31H42N8O5/c1-18(2)26(30(43)44)39-28(41)24(13-8-14-35-31(33)34)37-29(42)25(16-20-17-36-23-12-7-6-11-21(20)23)38-27(40)22(32)15-19-9-4-3-5-10-19/h3-7,9-12,17-18,22,24-26,36H,8,13-16,32H2,1-2H3,(H,37,42)(H,38,40)(H,39,41)(H,43,44)(H4,33,34,35)/t22-,24-,25-,26-/m0/s1. The minimum absolute atomic E-state index is 0.101. The summed E-state index contributed by atoms with van der Waals surface area (Å²) in [6.45, 7) is 3.58. The molecule has 11 N–H and O–H groups in total. The second kappa shape index (κ2) is 16.1. The normalized spacial score (nSPS) is 13.8. The number of rotatable bonds is 16. The molecule has 13 heteroatoms. The number of amides is 3. The van der Waals surface area contributed by atoms with Gasteiger partial charge >= 0.3 is 5.97 Å². The molecule has 3 aromatic rings. The van der Waals surface area contributed by atoms with E-state index in [4.69, 9.17) is 16.9 Å². The average molecular weight is 607 g/mol. The largest absolute Gasteiger partial charge is 0.480 e. The molecule has 0 saturated heterocycles. The van der Waals surface area contributed by atoms with Gasteiger partial charge in [0.15, 0.2) is 5.96 Å². The van der Waals surface area contributed by atoms with Crippen molar-refractivity contribution in [1.29, 1.82) is 5.41 Å². The molecular formula is C31H42N8O5. The smallest absolute Gasteiger partial charge is 0.326 e. The summed E-state index contributed by atoms with van der Waals surface area (Å²) in [6.07, 6.45) is 2.57. The monoisotopic (exact) mass is 606 g/mol. The van der Waals surface area contributed by atoms with Gasteiger partial charge in [0.25, 0.3) is 0 Å². The van der Waals surface area contributed by atoms with Crippen LogP contribution < -0.4 is 32.7 Å². The van der Waals surface area contributed by atoms with Gasteiger partial charge < -0.3 is 42.8 Å². The maximum absolute atomic E-state index is 13.8. The maximum atomic E-state index is 13.8. The lowest BCUT2D eigenvalue weighted by molar-refractivity contribution is -0.143. The number of nitrogens with two attached hydrogens (primary N) is 2. The van der Waals surface area contributed by atoms with Crippen molar-refractivity contribution in [1.82, 2.24) is 26.3 Å². The number of H-pyrrole nitrogens is 1. The molecule has 236 valence electrons. The van der Waals surface area contributed by atoms with Crippen molar-refractivity contribution < 1.29 is 24.3 Å². The molecule has 2 aromatic carbocycles. The first-order valence-corrected chi connectivity index (χ1v) is 14.5. The molecule has 0 aliphatic rings. The highest BCUT2D eigenvalue weighted by atomic mass is 16.4. The summed E-state index contributed by atoms with van der Waals surface area (Å²) >= 11 is 0. The van der Waals surface area contributed by atoms with Crippen LogP contribution in [0.4, 0.5) is 0 Å². The van der Waals surface area contributed by atoms with Crippen LogP contribution >= 0.6 is 0 Å². The van der Waals surface area contributed by atoms with Crippen LogP contribution in [0.25, 0.3) is 10.9 Å². The van der Waals surface area contributed by atoms with Crippen LogP contribution in [0.1, 0.15) is 37.8 Å². The summed E-state index contributed by atoms with van der Waals surface area (Å²) in [6, 6.07) is 12.5. The number of aromatic nitrogens is 1. The van der Waals surface area contributed by atoms with Crippen molar-refractivity contribution in [3.8, 4) is 0 Å². The first-order valence-electron chi connectivity index (χ1n) is 14.5. The van der Waals surface area contributed by atoms with Crippen LogP contribution in [0.5, 0.6) is 0 Å². The third-order valence-electron chi connectivity index (χ3n) is 7.22. The molecule has 0 fully saturated rings. The molecule has 0 unspecified atom stereocenters. The van der Waals surface area contributed by atoms with Gasteiger partial charge in [-0.1, -0.05) is 62.4 Å². The minimum Gasteiger partial charge on any atom is -0.480 e. The fraction of sp³-hybridized carbons (Fsp3) is 0.387. The number of nitrogens with one attached hydrogen (secondary N) is 6. The zero-order valence-corrected chi connectivity index (χ0v) is 24.9. The van der Waals surface area contributed by atoms with Crippen molar-refractivity contribution >= 4 is 40.6 Å². The molecule has 0 spiro atoms. The molecule has 0 aliphatic heterocycles. The van der Waals surface area contributed by atoms with E-state index in [1.54, 1.807) is 20.0 Å². The van der Waals surface area contributed by atoms with Gasteiger partial charge in [0.1, 0.15) is 18.1 Å². The minimum atomic E-state index is -1.20. The third-order valence-corrected chi connectivity index (χ3v) is 7.22. The predicted octanol–water partition coefficient (Wildman–Crippen LogP) is 0.739. The summed E-state index contributed by atoms with van der Waals surface area (Å²) in [5.41, 5.74) is 14.1. The Morgan fingerprint density at radius 3 is 2.18 bits per heavy atom. The Bertz CT molecular complexity index is 1440. The van der Waals surface area contributed by atoms with Gasteiger partial charge in [-0.05, 0) is 42.4 Å². The fourth-order valence-corrected chi connectivity index (χ4v) is 4.81. The van der Waals surface area contributed by atoms with Gasteiger partial charge in [0.2, 0.25) is 17.7 Å². The topological polar surface area (TPSA) is 228 Å². The Balaban J connectivity index is 1.84. The lowest BCUT2D eigenvalue weighted by Gasteiger charge is -2.26. The Morgan fingerprint density at radius 2 is 1.52 bits per heavy atom. The number of fused-ring (bicyclic) bond motifs is 1. The number of hydrogen-bond donors (Lipinski definition) is 9. The zero-order chi connectivity index (χ0) is 32.2. The molecule has 0 aliphatic carbocycles. The van der Waals surface area contributed by atoms with Crippen LogP contribution in [0.15, 0.2) is 60.8 Å². The van der Waals surface area contributed by atoms with Crippen molar-refractivity contribution in [3.63, 3.8) is 0 Å². The highest BCUT2D eigenvalue weighted by molar-refractivity contribution is 5.95. The number of carbonyl (C=O) groups is 4. The fourth-order valence-electron chi connectivity index (χ4n) is 4.81. The predicted molar refractivity (Wildman–Crippen MR) is 168 cm³/mol. The van der Waals surface area contributed by atoms with Crippen LogP contribution in [-0.4, -0.2) is 70.5 Å². The van der Waals surface area contributed by atoms with Crippen LogP contribution in [0, 0.1) is 11.3 Å². The number of carboxylic acids is 1. The molecular weight excluding hydrogens is 564 g/mol. The highest BCUT2D eigenvalue weighted by Crippen LogP contribution is 2.19. The molecule has 1 heterocycles. The molecule has 13 nitrogen and oxygen atoms in total. The van der Waals surface area contributed by atoms with E-state index in [9.17, 15) is 24.3 Å². The Labute approximate surface area is 256 Å². The second-order valence-electron chi connectivity index (χ2n) is 11.0. The summed E-state index contributed by atoms with van der Waals surface area (Å²) in [5.74, 6) is -3.70. The van der Waals surface area contributed by atoms with E-state index in [-0.39, 0.29) is 31.8 Å². The lowest BCUT2D eigenvalue weighted by Crippen LogP contribution is -2.58. The second-order valence-corrected chi connectivity index (χ2v) is 11.0. The van der Waals surface area contributed by atoms with Gasteiger partial charge in [0, 0.05) is 30.1 Å². The number of aliphatic carboxylic acids is 1. The van der Waals surface area contributed by atoms with E-state index in [1.165, 1.54) is 0 Å². The SMILES string of the molecule is CC(C)[C@H](NC(=O)[C@H](CCCNC(=N)N)NC(=O)[C@H](Cc1c[nH]c2ccccc12)NC(=O)[C@@H](N)Cc1ccccc1)C(=O)O. The Hall–Kier alpha value is -4.91. The van der Waals surface area contributed by atoms with Gasteiger partial charge in [-0.25, -0.2) is 4.79 Å². The number of aromatic amines is 1. The van der Waals surface area contributed by atoms with Gasteiger partial charge in [0.05, 0.1) is 6.04 Å². The molecule has 4 atom stereocenters. The van der Waals surface area contributed by atoms with Crippen molar-refractivity contribution in [2.75, 3.05) is 6.54 Å². The number of carboxylic acid groups (broad SMARTS) is 1. The quantitative estimate of drug-likeness (QED) is 0.0640. The Morgan fingerprint density at radius 1 is 0.886 bits per heavy atom. The third kappa shape index (κ3) is 9.83. The number of carbonyl (C=O) groups excluding carboxylic acids is 3. The summed E-state index contributed by atoms with van der Waals surface area (Å²) in [5, 5.41) is 28.5. The highest BCUT2D eigenvalue weighted by Gasteiger charge is 2.31. The first-order chi connectivity index (χ1) is 21.0. The van der Waals surface area contributed by atoms with Crippen molar-refractivity contribution in [2.24, 2.45) is 17.4 Å². The van der Waals surface area contributed by atoms with Crippen LogP contribution in [-0.2, 0) is 32.0 Å². The summed E-state index contributed by atoms with van der Waals surface area (Å²) in [4.78, 5) is 55.2. The van der Waals surface area contributed by atoms with E-state index < -0.39 is 53.8 Å². The molecule has 0 radical (unpaired) electrons. The van der Waals surface area contributed by atoms with E-state index >= 15 is 0 Å².